The van der Waals surface area contributed by atoms with Crippen molar-refractivity contribution < 1.29 is 4.52 Å². The lowest BCUT2D eigenvalue weighted by atomic mass is 10.2. The molecule has 52 valence electrons. The summed E-state index contributed by atoms with van der Waals surface area (Å²) >= 11 is 0. The molecule has 0 N–H and O–H groups in total. The van der Waals surface area contributed by atoms with E-state index in [0.717, 1.165) is 5.56 Å². The van der Waals surface area contributed by atoms with Crippen LogP contribution in [0.25, 0.3) is 0 Å². The van der Waals surface area contributed by atoms with Gasteiger partial charge in [-0.2, -0.15) is 0 Å². The van der Waals surface area contributed by atoms with Crippen molar-refractivity contribution in [1.29, 1.82) is 0 Å². The summed E-state index contributed by atoms with van der Waals surface area (Å²) in [5, 5.41) is 3.52. The van der Waals surface area contributed by atoms with Crippen LogP contribution in [-0.4, -0.2) is 5.16 Å². The molecule has 0 saturated carbocycles. The normalized spacial score (nSPS) is 9.10. The molecular formula is C8H9NO. The molecule has 1 rings (SSSR count). The van der Waals surface area contributed by atoms with Crippen molar-refractivity contribution in [2.75, 3.05) is 0 Å². The lowest BCUT2D eigenvalue weighted by Crippen LogP contribution is -1.77. The summed E-state index contributed by atoms with van der Waals surface area (Å²) in [5.74, 6) is 6.31. The van der Waals surface area contributed by atoms with Gasteiger partial charge in [0, 0.05) is 5.92 Å². The van der Waals surface area contributed by atoms with Crippen molar-refractivity contribution in [3.05, 3.63) is 18.0 Å². The van der Waals surface area contributed by atoms with Gasteiger partial charge >= 0.3 is 0 Å². The molecule has 0 aromatic carbocycles. The molecule has 10 heavy (non-hydrogen) atoms. The quantitative estimate of drug-likeness (QED) is 0.506. The van der Waals surface area contributed by atoms with E-state index >= 15 is 0 Å². The molecule has 0 aliphatic rings. The summed E-state index contributed by atoms with van der Waals surface area (Å²) in [5.41, 5.74) is 0.841. The molecule has 1 heterocycles. The zero-order valence-corrected chi connectivity index (χ0v) is 6.09. The summed E-state index contributed by atoms with van der Waals surface area (Å²) in [6, 6.07) is 0. The second kappa shape index (κ2) is 3.07. The Morgan fingerprint density at radius 3 is 2.90 bits per heavy atom. The zero-order chi connectivity index (χ0) is 7.40. The van der Waals surface area contributed by atoms with Gasteiger partial charge in [-0.15, -0.1) is 0 Å². The Morgan fingerprint density at radius 1 is 1.60 bits per heavy atom. The van der Waals surface area contributed by atoms with Crippen LogP contribution in [0.2, 0.25) is 0 Å². The van der Waals surface area contributed by atoms with Gasteiger partial charge in [-0.3, -0.25) is 0 Å². The Kier molecular flexibility index (Phi) is 2.11. The Morgan fingerprint density at radius 2 is 2.40 bits per heavy atom. The minimum Gasteiger partial charge on any atom is -0.363 e. The molecular weight excluding hydrogens is 126 g/mol. The van der Waals surface area contributed by atoms with Gasteiger partial charge < -0.3 is 4.52 Å². The van der Waals surface area contributed by atoms with E-state index in [9.17, 15) is 0 Å². The molecule has 0 atom stereocenters. The molecule has 0 radical (unpaired) electrons. The van der Waals surface area contributed by atoms with Crippen LogP contribution in [0.1, 0.15) is 19.4 Å². The highest BCUT2D eigenvalue weighted by Gasteiger charge is 1.87. The van der Waals surface area contributed by atoms with Crippen LogP contribution >= 0.6 is 0 Å². The average Bonchev–Trinajstić information content (AvgIpc) is 2.34. The highest BCUT2D eigenvalue weighted by molar-refractivity contribution is 5.28. The van der Waals surface area contributed by atoms with Crippen LogP contribution in [0.4, 0.5) is 0 Å². The SMILES string of the molecule is CC(C)C#Cc1cnoc1. The van der Waals surface area contributed by atoms with Crippen LogP contribution in [0, 0.1) is 17.8 Å². The predicted molar refractivity (Wildman–Crippen MR) is 38.2 cm³/mol. The van der Waals surface area contributed by atoms with Crippen molar-refractivity contribution in [3.63, 3.8) is 0 Å². The van der Waals surface area contributed by atoms with Crippen LogP contribution in [0.15, 0.2) is 17.0 Å². The number of rotatable bonds is 0. The monoisotopic (exact) mass is 135 g/mol. The highest BCUT2D eigenvalue weighted by atomic mass is 16.5. The van der Waals surface area contributed by atoms with Crippen LogP contribution < -0.4 is 0 Å². The van der Waals surface area contributed by atoms with Crippen molar-refractivity contribution in [1.82, 2.24) is 5.16 Å². The fourth-order valence-electron chi connectivity index (χ4n) is 0.494. The topological polar surface area (TPSA) is 26.0 Å². The first kappa shape index (κ1) is 6.88. The second-order valence-electron chi connectivity index (χ2n) is 2.34. The third-order valence-corrected chi connectivity index (χ3v) is 0.938. The lowest BCUT2D eigenvalue weighted by Gasteiger charge is -1.84. The number of hydrogen-bond donors (Lipinski definition) is 0. The van der Waals surface area contributed by atoms with Crippen LogP contribution in [0.5, 0.6) is 0 Å². The molecule has 1 aromatic heterocycles. The smallest absolute Gasteiger partial charge is 0.139 e. The fraction of sp³-hybridized carbons (Fsp3) is 0.375. The standard InChI is InChI=1S/C8H9NO/c1-7(2)3-4-8-5-9-10-6-8/h5-7H,1-2H3. The van der Waals surface area contributed by atoms with Gasteiger partial charge in [-0.1, -0.05) is 30.8 Å². The number of hydrogen-bond acceptors (Lipinski definition) is 2. The third kappa shape index (κ3) is 1.94. The first-order chi connectivity index (χ1) is 4.79. The van der Waals surface area contributed by atoms with E-state index in [-0.39, 0.29) is 0 Å². The molecule has 2 heteroatoms. The van der Waals surface area contributed by atoms with E-state index < -0.39 is 0 Å². The Labute approximate surface area is 60.2 Å². The van der Waals surface area contributed by atoms with Gasteiger partial charge in [0.2, 0.25) is 0 Å². The first-order valence-electron chi connectivity index (χ1n) is 3.20. The molecule has 1 aromatic rings. The number of nitrogens with zero attached hydrogens (tertiary/aromatic N) is 1. The van der Waals surface area contributed by atoms with Gasteiger partial charge in [0.05, 0.1) is 11.8 Å². The molecule has 0 unspecified atom stereocenters. The predicted octanol–water partition coefficient (Wildman–Crippen LogP) is 1.68. The van der Waals surface area contributed by atoms with Gasteiger partial charge in [0.1, 0.15) is 6.26 Å². The van der Waals surface area contributed by atoms with Crippen molar-refractivity contribution in [2.24, 2.45) is 5.92 Å². The van der Waals surface area contributed by atoms with E-state index in [1.807, 2.05) is 13.8 Å². The molecule has 0 amide bonds. The minimum absolute atomic E-state index is 0.398. The number of aromatic nitrogens is 1. The maximum absolute atomic E-state index is 4.59. The van der Waals surface area contributed by atoms with Gasteiger partial charge in [-0.05, 0) is 0 Å². The highest BCUT2D eigenvalue weighted by Crippen LogP contribution is 1.94. The molecule has 0 bridgehead atoms. The second-order valence-corrected chi connectivity index (χ2v) is 2.34. The van der Waals surface area contributed by atoms with Gasteiger partial charge in [0.15, 0.2) is 0 Å². The van der Waals surface area contributed by atoms with E-state index in [4.69, 9.17) is 0 Å². The van der Waals surface area contributed by atoms with Crippen LogP contribution in [0.3, 0.4) is 0 Å². The molecule has 2 nitrogen and oxygen atoms in total. The summed E-state index contributed by atoms with van der Waals surface area (Å²) < 4.78 is 4.59. The first-order valence-corrected chi connectivity index (χ1v) is 3.20. The summed E-state index contributed by atoms with van der Waals surface area (Å²) in [6.45, 7) is 4.08. The summed E-state index contributed by atoms with van der Waals surface area (Å²) in [4.78, 5) is 0. The largest absolute Gasteiger partial charge is 0.363 e. The Bertz CT molecular complexity index is 238. The van der Waals surface area contributed by atoms with Crippen molar-refractivity contribution in [3.8, 4) is 11.8 Å². The zero-order valence-electron chi connectivity index (χ0n) is 6.09. The summed E-state index contributed by atoms with van der Waals surface area (Å²) in [7, 11) is 0. The molecule has 0 spiro atoms. The maximum Gasteiger partial charge on any atom is 0.139 e. The van der Waals surface area contributed by atoms with E-state index in [0.29, 0.717) is 5.92 Å². The molecule has 0 saturated heterocycles. The molecule has 0 aliphatic heterocycles. The fourth-order valence-corrected chi connectivity index (χ4v) is 0.494. The minimum atomic E-state index is 0.398. The Hall–Kier alpha value is -1.23. The Balaban J connectivity index is 2.66. The van der Waals surface area contributed by atoms with Gasteiger partial charge in [0.25, 0.3) is 0 Å². The lowest BCUT2D eigenvalue weighted by molar-refractivity contribution is 0.419. The molecule has 0 fully saturated rings. The average molecular weight is 135 g/mol. The van der Waals surface area contributed by atoms with E-state index in [2.05, 4.69) is 21.5 Å². The van der Waals surface area contributed by atoms with Crippen molar-refractivity contribution >= 4 is 0 Å². The maximum atomic E-state index is 4.59. The van der Waals surface area contributed by atoms with E-state index in [1.54, 1.807) is 6.20 Å². The molecule has 0 aliphatic carbocycles. The van der Waals surface area contributed by atoms with Gasteiger partial charge in [-0.25, -0.2) is 0 Å². The van der Waals surface area contributed by atoms with Crippen molar-refractivity contribution in [2.45, 2.75) is 13.8 Å². The van der Waals surface area contributed by atoms with Crippen LogP contribution in [-0.2, 0) is 0 Å². The van der Waals surface area contributed by atoms with E-state index in [1.165, 1.54) is 6.26 Å². The summed E-state index contributed by atoms with van der Waals surface area (Å²) in [6.07, 6.45) is 3.14. The third-order valence-electron chi connectivity index (χ3n) is 0.938.